The number of hydrogen-bond acceptors (Lipinski definition) is 7. The van der Waals surface area contributed by atoms with Gasteiger partial charge in [0.15, 0.2) is 0 Å². The van der Waals surface area contributed by atoms with Gasteiger partial charge in [-0.1, -0.05) is 41.9 Å². The standard InChI is InChI=1S/C28H30ClN5O5S/c1-39-22-8-10-23(11-9-22)40(37,38)34-24-12-7-21(29)19-25(24)33(28(34)36)26(20-5-3-2-4-6-20)27(35)31-15-18-32-16-13-30-14-17-32/h2-12,19,26,30H,13-18H2,1H3,(H,31,35). The van der Waals surface area contributed by atoms with Crippen LogP contribution in [0.2, 0.25) is 5.02 Å². The molecule has 210 valence electrons. The number of hydrogen-bond donors (Lipinski definition) is 2. The van der Waals surface area contributed by atoms with E-state index in [9.17, 15) is 18.0 Å². The first-order valence-electron chi connectivity index (χ1n) is 12.9. The molecule has 12 heteroatoms. The number of fused-ring (bicyclic) bond motifs is 1. The predicted octanol–water partition coefficient (Wildman–Crippen LogP) is 2.31. The highest BCUT2D eigenvalue weighted by Crippen LogP contribution is 2.28. The molecule has 2 heterocycles. The maximum absolute atomic E-state index is 14.1. The average molecular weight is 584 g/mol. The molecule has 0 saturated carbocycles. The van der Waals surface area contributed by atoms with Gasteiger partial charge in [0.25, 0.3) is 10.0 Å². The summed E-state index contributed by atoms with van der Waals surface area (Å²) in [6.07, 6.45) is 0. The monoisotopic (exact) mass is 583 g/mol. The fourth-order valence-electron chi connectivity index (χ4n) is 4.92. The molecule has 10 nitrogen and oxygen atoms in total. The van der Waals surface area contributed by atoms with E-state index in [1.165, 1.54) is 54.1 Å². The van der Waals surface area contributed by atoms with Crippen molar-refractivity contribution < 1.29 is 17.9 Å². The zero-order chi connectivity index (χ0) is 28.3. The van der Waals surface area contributed by atoms with Crippen LogP contribution in [0.3, 0.4) is 0 Å². The smallest absolute Gasteiger partial charge is 0.344 e. The van der Waals surface area contributed by atoms with E-state index in [1.54, 1.807) is 30.3 Å². The molecular formula is C28H30ClN5O5S. The van der Waals surface area contributed by atoms with Crippen molar-refractivity contribution in [2.24, 2.45) is 0 Å². The molecule has 1 aliphatic rings. The molecule has 0 bridgehead atoms. The average Bonchev–Trinajstić information content (AvgIpc) is 3.25. The van der Waals surface area contributed by atoms with Crippen molar-refractivity contribution in [2.45, 2.75) is 10.9 Å². The third-order valence-corrected chi connectivity index (χ3v) is 8.89. The van der Waals surface area contributed by atoms with E-state index < -0.39 is 27.7 Å². The second-order valence-electron chi connectivity index (χ2n) is 9.43. The van der Waals surface area contributed by atoms with Crippen LogP contribution >= 0.6 is 11.6 Å². The van der Waals surface area contributed by atoms with Gasteiger partial charge in [0.05, 0.1) is 23.0 Å². The number of rotatable bonds is 9. The second-order valence-corrected chi connectivity index (χ2v) is 11.6. The molecule has 0 spiro atoms. The first kappa shape index (κ1) is 27.9. The molecule has 1 aromatic heterocycles. The van der Waals surface area contributed by atoms with Crippen molar-refractivity contribution in [2.75, 3.05) is 46.4 Å². The summed E-state index contributed by atoms with van der Waals surface area (Å²) in [7, 11) is -2.87. The molecule has 3 aromatic carbocycles. The molecule has 1 unspecified atom stereocenters. The molecule has 4 aromatic rings. The van der Waals surface area contributed by atoms with Gasteiger partial charge in [0, 0.05) is 44.3 Å². The van der Waals surface area contributed by atoms with Gasteiger partial charge >= 0.3 is 5.69 Å². The van der Waals surface area contributed by atoms with E-state index in [2.05, 4.69) is 15.5 Å². The molecule has 5 rings (SSSR count). The molecular weight excluding hydrogens is 554 g/mol. The van der Waals surface area contributed by atoms with Crippen molar-refractivity contribution in [3.8, 4) is 5.75 Å². The summed E-state index contributed by atoms with van der Waals surface area (Å²) in [5, 5.41) is 6.56. The Morgan fingerprint density at radius 3 is 2.40 bits per heavy atom. The minimum atomic E-state index is -4.35. The predicted molar refractivity (Wildman–Crippen MR) is 154 cm³/mol. The fourth-order valence-corrected chi connectivity index (χ4v) is 6.49. The Kier molecular flexibility index (Phi) is 8.27. The highest BCUT2D eigenvalue weighted by Gasteiger charge is 2.32. The molecule has 40 heavy (non-hydrogen) atoms. The van der Waals surface area contributed by atoms with Crippen molar-refractivity contribution >= 4 is 38.6 Å². The fraction of sp³-hybridized carbons (Fsp3) is 0.286. The van der Waals surface area contributed by atoms with Crippen molar-refractivity contribution in [1.29, 1.82) is 0 Å². The third kappa shape index (κ3) is 5.50. The number of aromatic nitrogens is 2. The largest absolute Gasteiger partial charge is 0.497 e. The van der Waals surface area contributed by atoms with Crippen LogP contribution in [0, 0.1) is 0 Å². The highest BCUT2D eigenvalue weighted by molar-refractivity contribution is 7.90. The normalized spacial score (nSPS) is 15.2. The first-order valence-corrected chi connectivity index (χ1v) is 14.7. The lowest BCUT2D eigenvalue weighted by atomic mass is 10.1. The maximum Gasteiger partial charge on any atom is 0.344 e. The van der Waals surface area contributed by atoms with E-state index in [0.717, 1.165) is 30.2 Å². The molecule has 2 N–H and O–H groups in total. The summed E-state index contributed by atoms with van der Waals surface area (Å²) in [5.74, 6) is 0.0476. The zero-order valence-electron chi connectivity index (χ0n) is 21.9. The van der Waals surface area contributed by atoms with Crippen LogP contribution in [-0.2, 0) is 14.8 Å². The number of nitrogens with one attached hydrogen (secondary N) is 2. The van der Waals surface area contributed by atoms with Crippen LogP contribution in [0.15, 0.2) is 82.5 Å². The van der Waals surface area contributed by atoms with Crippen LogP contribution < -0.4 is 21.1 Å². The van der Waals surface area contributed by atoms with Crippen LogP contribution in [0.1, 0.15) is 11.6 Å². The molecule has 1 fully saturated rings. The number of halogens is 1. The van der Waals surface area contributed by atoms with E-state index in [-0.39, 0.29) is 15.9 Å². The number of imidazole rings is 1. The number of carbonyl (C=O) groups excluding carboxylic acids is 1. The number of methoxy groups -OCH3 is 1. The molecule has 1 amide bonds. The maximum atomic E-state index is 14.1. The van der Waals surface area contributed by atoms with Crippen molar-refractivity contribution in [3.63, 3.8) is 0 Å². The van der Waals surface area contributed by atoms with E-state index in [4.69, 9.17) is 16.3 Å². The zero-order valence-corrected chi connectivity index (χ0v) is 23.5. The Morgan fingerprint density at radius 1 is 1.02 bits per heavy atom. The molecule has 1 saturated heterocycles. The summed E-state index contributed by atoms with van der Waals surface area (Å²) in [6.45, 7) is 4.57. The number of ether oxygens (including phenoxy) is 1. The van der Waals surface area contributed by atoms with Gasteiger partial charge in [-0.3, -0.25) is 14.3 Å². The lowest BCUT2D eigenvalue weighted by molar-refractivity contribution is -0.123. The number of amides is 1. The third-order valence-electron chi connectivity index (χ3n) is 6.95. The quantitative estimate of drug-likeness (QED) is 0.311. The lowest BCUT2D eigenvalue weighted by Crippen LogP contribution is -2.47. The Bertz CT molecular complexity index is 1660. The summed E-state index contributed by atoms with van der Waals surface area (Å²) in [6, 6.07) is 17.9. The highest BCUT2D eigenvalue weighted by atomic mass is 35.5. The number of piperazine rings is 1. The van der Waals surface area contributed by atoms with Gasteiger partial charge in [0.2, 0.25) is 5.91 Å². The summed E-state index contributed by atoms with van der Waals surface area (Å²) in [5.41, 5.74) is -0.00945. The molecule has 1 atom stereocenters. The van der Waals surface area contributed by atoms with E-state index >= 15 is 0 Å². The molecule has 0 aliphatic carbocycles. The Labute approximate surface area is 237 Å². The van der Waals surface area contributed by atoms with E-state index in [0.29, 0.717) is 29.4 Å². The molecule has 1 aliphatic heterocycles. The molecule has 0 radical (unpaired) electrons. The van der Waals surface area contributed by atoms with Crippen LogP contribution in [0.5, 0.6) is 5.75 Å². The number of nitrogens with zero attached hydrogens (tertiary/aromatic N) is 3. The van der Waals surface area contributed by atoms with Gasteiger partial charge < -0.3 is 15.4 Å². The van der Waals surface area contributed by atoms with Crippen LogP contribution in [-0.4, -0.2) is 74.1 Å². The van der Waals surface area contributed by atoms with Crippen molar-refractivity contribution in [1.82, 2.24) is 24.1 Å². The Hall–Kier alpha value is -3.64. The van der Waals surface area contributed by atoms with Gasteiger partial charge in [-0.15, -0.1) is 0 Å². The summed E-state index contributed by atoms with van der Waals surface area (Å²) < 4.78 is 34.7. The van der Waals surface area contributed by atoms with Gasteiger partial charge in [-0.05, 0) is 48.0 Å². The van der Waals surface area contributed by atoms with E-state index in [1.807, 2.05) is 0 Å². The lowest BCUT2D eigenvalue weighted by Gasteiger charge is -2.27. The number of carbonyl (C=O) groups is 1. The SMILES string of the molecule is COc1ccc(S(=O)(=O)n2c(=O)n(C(C(=O)NCCN3CCNCC3)c3ccccc3)c3cc(Cl)ccc32)cc1. The van der Waals surface area contributed by atoms with Crippen LogP contribution in [0.25, 0.3) is 11.0 Å². The van der Waals surface area contributed by atoms with Crippen molar-refractivity contribution in [3.05, 3.63) is 93.9 Å². The topological polar surface area (TPSA) is 115 Å². The number of benzene rings is 3. The minimum Gasteiger partial charge on any atom is -0.497 e. The Morgan fingerprint density at radius 2 is 1.73 bits per heavy atom. The van der Waals surface area contributed by atoms with Gasteiger partial charge in [-0.2, -0.15) is 3.97 Å². The minimum absolute atomic E-state index is 0.0962. The first-order chi connectivity index (χ1) is 19.3. The second kappa shape index (κ2) is 11.8. The summed E-state index contributed by atoms with van der Waals surface area (Å²) in [4.78, 5) is 30.0. The van der Waals surface area contributed by atoms with Gasteiger partial charge in [-0.25, -0.2) is 13.2 Å². The Balaban J connectivity index is 1.61. The van der Waals surface area contributed by atoms with Crippen LogP contribution in [0.4, 0.5) is 0 Å². The summed E-state index contributed by atoms with van der Waals surface area (Å²) >= 11 is 6.32. The van der Waals surface area contributed by atoms with Gasteiger partial charge in [0.1, 0.15) is 11.8 Å².